The summed E-state index contributed by atoms with van der Waals surface area (Å²) in [5.41, 5.74) is 1.05. The normalized spacial score (nSPS) is 12.5. The fraction of sp³-hybridized carbons (Fsp3) is 0.600. The van der Waals surface area contributed by atoms with Crippen LogP contribution >= 0.6 is 0 Å². The molecule has 0 saturated carbocycles. The van der Waals surface area contributed by atoms with Gasteiger partial charge in [-0.1, -0.05) is 0 Å². The van der Waals surface area contributed by atoms with Crippen LogP contribution in [0.4, 0.5) is 5.95 Å². The van der Waals surface area contributed by atoms with Crippen LogP contribution in [0.25, 0.3) is 0 Å². The standard InChI is InChI=1S/C10H18N4O/c1-8(7-15)14(3)10-12-5-9(4-11-2)6-13-10/h5-6,8,11,15H,4,7H2,1-3H3. The zero-order valence-corrected chi connectivity index (χ0v) is 9.44. The van der Waals surface area contributed by atoms with Crippen molar-refractivity contribution in [2.75, 3.05) is 25.6 Å². The Bertz CT molecular complexity index is 288. The predicted molar refractivity (Wildman–Crippen MR) is 59.7 cm³/mol. The maximum absolute atomic E-state index is 9.00. The molecule has 0 aliphatic carbocycles. The molecule has 0 saturated heterocycles. The van der Waals surface area contributed by atoms with Crippen LogP contribution in [0, 0.1) is 0 Å². The minimum atomic E-state index is 0.0279. The van der Waals surface area contributed by atoms with E-state index >= 15 is 0 Å². The van der Waals surface area contributed by atoms with Crippen molar-refractivity contribution in [1.29, 1.82) is 0 Å². The second kappa shape index (κ2) is 5.63. The molecule has 0 amide bonds. The molecule has 2 N–H and O–H groups in total. The number of nitrogens with zero attached hydrogens (tertiary/aromatic N) is 3. The number of likely N-dealkylation sites (N-methyl/N-ethyl adjacent to an activating group) is 1. The molecule has 15 heavy (non-hydrogen) atoms. The van der Waals surface area contributed by atoms with Crippen molar-refractivity contribution in [1.82, 2.24) is 15.3 Å². The van der Waals surface area contributed by atoms with Gasteiger partial charge >= 0.3 is 0 Å². The Hall–Kier alpha value is -1.20. The summed E-state index contributed by atoms with van der Waals surface area (Å²) in [7, 11) is 3.75. The van der Waals surface area contributed by atoms with Gasteiger partial charge in [0, 0.05) is 31.5 Å². The number of aliphatic hydroxyl groups excluding tert-OH is 1. The van der Waals surface area contributed by atoms with Crippen molar-refractivity contribution in [3.05, 3.63) is 18.0 Å². The Morgan fingerprint density at radius 1 is 1.47 bits per heavy atom. The molecule has 1 rings (SSSR count). The predicted octanol–water partition coefficient (Wildman–Crippen LogP) is 0.0130. The van der Waals surface area contributed by atoms with Gasteiger partial charge in [-0.05, 0) is 14.0 Å². The summed E-state index contributed by atoms with van der Waals surface area (Å²) in [5.74, 6) is 0.636. The second-order valence-corrected chi connectivity index (χ2v) is 3.56. The first-order chi connectivity index (χ1) is 7.19. The molecule has 0 aliphatic heterocycles. The van der Waals surface area contributed by atoms with Gasteiger partial charge in [0.2, 0.25) is 5.95 Å². The van der Waals surface area contributed by atoms with Gasteiger partial charge in [-0.25, -0.2) is 9.97 Å². The van der Waals surface area contributed by atoms with E-state index in [1.54, 1.807) is 12.4 Å². The van der Waals surface area contributed by atoms with Crippen molar-refractivity contribution in [2.24, 2.45) is 0 Å². The van der Waals surface area contributed by atoms with Crippen molar-refractivity contribution in [3.8, 4) is 0 Å². The van der Waals surface area contributed by atoms with Crippen LogP contribution in [0.1, 0.15) is 12.5 Å². The van der Waals surface area contributed by atoms with Crippen molar-refractivity contribution in [3.63, 3.8) is 0 Å². The lowest BCUT2D eigenvalue weighted by Crippen LogP contribution is -2.33. The molecule has 1 aromatic rings. The highest BCUT2D eigenvalue weighted by Crippen LogP contribution is 2.08. The first-order valence-corrected chi connectivity index (χ1v) is 4.98. The number of hydrogen-bond acceptors (Lipinski definition) is 5. The highest BCUT2D eigenvalue weighted by molar-refractivity contribution is 5.29. The van der Waals surface area contributed by atoms with Gasteiger partial charge < -0.3 is 15.3 Å². The number of nitrogens with one attached hydrogen (secondary N) is 1. The van der Waals surface area contributed by atoms with Crippen LogP contribution in [0.15, 0.2) is 12.4 Å². The molecule has 0 aliphatic rings. The number of hydrogen-bond donors (Lipinski definition) is 2. The molecule has 1 aromatic heterocycles. The van der Waals surface area contributed by atoms with Gasteiger partial charge in [0.1, 0.15) is 0 Å². The maximum Gasteiger partial charge on any atom is 0.225 e. The van der Waals surface area contributed by atoms with E-state index in [2.05, 4.69) is 15.3 Å². The first kappa shape index (κ1) is 11.9. The van der Waals surface area contributed by atoms with E-state index in [0.29, 0.717) is 5.95 Å². The van der Waals surface area contributed by atoms with Crippen LogP contribution in [0.2, 0.25) is 0 Å². The molecule has 0 fully saturated rings. The van der Waals surface area contributed by atoms with Crippen LogP contribution in [-0.2, 0) is 6.54 Å². The third-order valence-corrected chi connectivity index (χ3v) is 2.31. The van der Waals surface area contributed by atoms with Gasteiger partial charge in [-0.2, -0.15) is 0 Å². The SMILES string of the molecule is CNCc1cnc(N(C)C(C)CO)nc1. The van der Waals surface area contributed by atoms with Crippen molar-refractivity contribution < 1.29 is 5.11 Å². The van der Waals surface area contributed by atoms with E-state index < -0.39 is 0 Å². The summed E-state index contributed by atoms with van der Waals surface area (Å²) in [6.45, 7) is 2.78. The average molecular weight is 210 g/mol. The fourth-order valence-electron chi connectivity index (χ4n) is 1.15. The van der Waals surface area contributed by atoms with Gasteiger partial charge in [-0.15, -0.1) is 0 Å². The van der Waals surface area contributed by atoms with E-state index in [9.17, 15) is 0 Å². The molecule has 5 heteroatoms. The van der Waals surface area contributed by atoms with Gasteiger partial charge in [0.15, 0.2) is 0 Å². The van der Waals surface area contributed by atoms with E-state index in [4.69, 9.17) is 5.11 Å². The van der Waals surface area contributed by atoms with Crippen LogP contribution < -0.4 is 10.2 Å². The van der Waals surface area contributed by atoms with Gasteiger partial charge in [0.05, 0.1) is 12.6 Å². The molecule has 84 valence electrons. The van der Waals surface area contributed by atoms with Gasteiger partial charge in [-0.3, -0.25) is 0 Å². The van der Waals surface area contributed by atoms with Crippen LogP contribution in [-0.4, -0.2) is 41.8 Å². The second-order valence-electron chi connectivity index (χ2n) is 3.56. The zero-order chi connectivity index (χ0) is 11.3. The lowest BCUT2D eigenvalue weighted by Gasteiger charge is -2.22. The Morgan fingerprint density at radius 3 is 2.53 bits per heavy atom. The highest BCUT2D eigenvalue weighted by Gasteiger charge is 2.10. The van der Waals surface area contributed by atoms with E-state index in [1.807, 2.05) is 25.9 Å². The van der Waals surface area contributed by atoms with Gasteiger partial charge in [0.25, 0.3) is 0 Å². The lowest BCUT2D eigenvalue weighted by atomic mass is 10.3. The molecule has 1 unspecified atom stereocenters. The minimum absolute atomic E-state index is 0.0279. The summed E-state index contributed by atoms with van der Waals surface area (Å²) in [6, 6.07) is 0.0279. The summed E-state index contributed by atoms with van der Waals surface area (Å²) in [4.78, 5) is 10.3. The summed E-state index contributed by atoms with van der Waals surface area (Å²) in [6.07, 6.45) is 3.58. The Balaban J connectivity index is 2.70. The number of rotatable bonds is 5. The van der Waals surface area contributed by atoms with Crippen LogP contribution in [0.5, 0.6) is 0 Å². The quantitative estimate of drug-likeness (QED) is 0.717. The largest absolute Gasteiger partial charge is 0.394 e. The smallest absolute Gasteiger partial charge is 0.225 e. The fourth-order valence-corrected chi connectivity index (χ4v) is 1.15. The molecular weight excluding hydrogens is 192 g/mol. The molecule has 0 radical (unpaired) electrons. The Labute approximate surface area is 90.2 Å². The number of aliphatic hydroxyl groups is 1. The average Bonchev–Trinajstić information content (AvgIpc) is 2.28. The Morgan fingerprint density at radius 2 is 2.07 bits per heavy atom. The minimum Gasteiger partial charge on any atom is -0.394 e. The summed E-state index contributed by atoms with van der Waals surface area (Å²) < 4.78 is 0. The number of anilines is 1. The molecule has 1 atom stereocenters. The molecule has 0 spiro atoms. The van der Waals surface area contributed by atoms with Crippen molar-refractivity contribution in [2.45, 2.75) is 19.5 Å². The maximum atomic E-state index is 9.00. The molecular formula is C10H18N4O. The van der Waals surface area contributed by atoms with E-state index in [-0.39, 0.29) is 12.6 Å². The van der Waals surface area contributed by atoms with E-state index in [1.165, 1.54) is 0 Å². The lowest BCUT2D eigenvalue weighted by molar-refractivity contribution is 0.269. The molecule has 1 heterocycles. The molecule has 0 bridgehead atoms. The topological polar surface area (TPSA) is 61.3 Å². The third-order valence-electron chi connectivity index (χ3n) is 2.31. The number of aromatic nitrogens is 2. The zero-order valence-electron chi connectivity index (χ0n) is 9.44. The van der Waals surface area contributed by atoms with E-state index in [0.717, 1.165) is 12.1 Å². The monoisotopic (exact) mass is 210 g/mol. The third kappa shape index (κ3) is 3.14. The summed E-state index contributed by atoms with van der Waals surface area (Å²) >= 11 is 0. The Kier molecular flexibility index (Phi) is 4.45. The molecule has 5 nitrogen and oxygen atoms in total. The summed E-state index contributed by atoms with van der Waals surface area (Å²) in [5, 5.41) is 12.0. The van der Waals surface area contributed by atoms with Crippen LogP contribution in [0.3, 0.4) is 0 Å². The van der Waals surface area contributed by atoms with Crippen molar-refractivity contribution >= 4 is 5.95 Å². The first-order valence-electron chi connectivity index (χ1n) is 4.98. The molecule has 0 aromatic carbocycles. The highest BCUT2D eigenvalue weighted by atomic mass is 16.3.